The van der Waals surface area contributed by atoms with Gasteiger partial charge >= 0.3 is 0 Å². The third kappa shape index (κ3) is 4.33. The summed E-state index contributed by atoms with van der Waals surface area (Å²) in [5.74, 6) is 0.741. The second kappa shape index (κ2) is 10.0. The molecule has 0 saturated carbocycles. The predicted octanol–water partition coefficient (Wildman–Crippen LogP) is 4.82. The summed E-state index contributed by atoms with van der Waals surface area (Å²) in [6.07, 6.45) is 6.82. The number of fused-ring (bicyclic) bond motifs is 1. The molecule has 3 rings (SSSR count). The Morgan fingerprint density at radius 1 is 1.03 bits per heavy atom. The van der Waals surface area contributed by atoms with Crippen LogP contribution >= 0.6 is 0 Å². The molecule has 0 radical (unpaired) electrons. The van der Waals surface area contributed by atoms with Crippen LogP contribution in [0.1, 0.15) is 69.8 Å². The van der Waals surface area contributed by atoms with E-state index in [4.69, 9.17) is 14.7 Å². The van der Waals surface area contributed by atoms with Crippen molar-refractivity contribution in [2.24, 2.45) is 7.05 Å². The fourth-order valence-corrected chi connectivity index (χ4v) is 3.98. The molecule has 0 bridgehead atoms. The maximum absolute atomic E-state index is 9.99. The van der Waals surface area contributed by atoms with Crippen molar-refractivity contribution in [2.45, 2.75) is 65.7 Å². The summed E-state index contributed by atoms with van der Waals surface area (Å²) in [5, 5.41) is 9.99. The molecular weight excluding hydrogens is 376 g/mol. The Labute approximate surface area is 179 Å². The van der Waals surface area contributed by atoms with Crippen LogP contribution in [-0.4, -0.2) is 37.8 Å². The number of pyridine rings is 1. The highest BCUT2D eigenvalue weighted by Crippen LogP contribution is 2.33. The van der Waals surface area contributed by atoms with Crippen LogP contribution in [0.25, 0.3) is 22.4 Å². The number of aryl methyl sites for hydroxylation is 3. The zero-order valence-corrected chi connectivity index (χ0v) is 18.9. The summed E-state index contributed by atoms with van der Waals surface area (Å²) in [5.41, 5.74) is 6.68. The van der Waals surface area contributed by atoms with Gasteiger partial charge in [0.15, 0.2) is 5.65 Å². The third-order valence-corrected chi connectivity index (χ3v) is 5.62. The number of ether oxygens (including phenoxy) is 1. The number of aromatic nitrogens is 4. The Hall–Kier alpha value is -2.47. The van der Waals surface area contributed by atoms with Crippen LogP contribution in [-0.2, 0) is 19.9 Å². The van der Waals surface area contributed by atoms with Crippen LogP contribution in [0.15, 0.2) is 18.3 Å². The molecule has 162 valence electrons. The van der Waals surface area contributed by atoms with Crippen molar-refractivity contribution in [3.05, 3.63) is 35.3 Å². The molecule has 6 heteroatoms. The molecule has 0 aromatic carbocycles. The molecule has 0 spiro atoms. The van der Waals surface area contributed by atoms with Crippen molar-refractivity contribution in [3.8, 4) is 17.1 Å². The SMILES string of the molecule is CCCC[C@@H](CO)c1cn(C)c2nc(-c3ccc(OCC)nc3CC)c(CC)nc12. The fourth-order valence-electron chi connectivity index (χ4n) is 3.98. The summed E-state index contributed by atoms with van der Waals surface area (Å²) < 4.78 is 7.61. The normalized spacial score (nSPS) is 12.5. The lowest BCUT2D eigenvalue weighted by molar-refractivity contribution is 0.257. The predicted molar refractivity (Wildman–Crippen MR) is 121 cm³/mol. The Kier molecular flexibility index (Phi) is 7.43. The number of hydrogen-bond donors (Lipinski definition) is 1. The zero-order chi connectivity index (χ0) is 21.7. The minimum atomic E-state index is 0.0943. The van der Waals surface area contributed by atoms with E-state index in [2.05, 4.69) is 32.0 Å². The van der Waals surface area contributed by atoms with Crippen molar-refractivity contribution >= 4 is 11.2 Å². The van der Waals surface area contributed by atoms with E-state index in [-0.39, 0.29) is 12.5 Å². The van der Waals surface area contributed by atoms with Crippen LogP contribution in [0.4, 0.5) is 0 Å². The summed E-state index contributed by atoms with van der Waals surface area (Å²) in [6.45, 7) is 9.07. The Morgan fingerprint density at radius 3 is 2.43 bits per heavy atom. The first-order valence-corrected chi connectivity index (χ1v) is 11.2. The molecule has 3 aromatic rings. The van der Waals surface area contributed by atoms with Gasteiger partial charge in [-0.3, -0.25) is 0 Å². The molecule has 0 saturated heterocycles. The second-order valence-corrected chi connectivity index (χ2v) is 7.69. The molecule has 0 aliphatic carbocycles. The van der Waals surface area contributed by atoms with Gasteiger partial charge in [-0.2, -0.15) is 0 Å². The molecule has 6 nitrogen and oxygen atoms in total. The molecule has 0 amide bonds. The maximum Gasteiger partial charge on any atom is 0.213 e. The van der Waals surface area contributed by atoms with E-state index in [0.717, 1.165) is 71.5 Å². The van der Waals surface area contributed by atoms with Gasteiger partial charge in [0.05, 0.1) is 30.3 Å². The number of hydrogen-bond acceptors (Lipinski definition) is 5. The van der Waals surface area contributed by atoms with Crippen molar-refractivity contribution in [1.29, 1.82) is 0 Å². The summed E-state index contributed by atoms with van der Waals surface area (Å²) in [7, 11) is 2.00. The fraction of sp³-hybridized carbons (Fsp3) is 0.542. The Balaban J connectivity index is 2.15. The lowest BCUT2D eigenvalue weighted by Crippen LogP contribution is -2.06. The lowest BCUT2D eigenvalue weighted by atomic mass is 9.96. The third-order valence-electron chi connectivity index (χ3n) is 5.62. The van der Waals surface area contributed by atoms with Gasteiger partial charge in [0.25, 0.3) is 0 Å². The molecule has 1 atom stereocenters. The largest absolute Gasteiger partial charge is 0.478 e. The van der Waals surface area contributed by atoms with Gasteiger partial charge in [0.1, 0.15) is 5.52 Å². The van der Waals surface area contributed by atoms with Gasteiger partial charge in [0, 0.05) is 36.4 Å². The van der Waals surface area contributed by atoms with Crippen molar-refractivity contribution in [2.75, 3.05) is 13.2 Å². The van der Waals surface area contributed by atoms with E-state index < -0.39 is 0 Å². The van der Waals surface area contributed by atoms with E-state index in [9.17, 15) is 5.11 Å². The first kappa shape index (κ1) is 22.2. The van der Waals surface area contributed by atoms with E-state index >= 15 is 0 Å². The zero-order valence-electron chi connectivity index (χ0n) is 18.9. The minimum absolute atomic E-state index is 0.0943. The average Bonchev–Trinajstić information content (AvgIpc) is 3.09. The number of rotatable bonds is 10. The molecule has 0 aliphatic heterocycles. The molecule has 0 fully saturated rings. The maximum atomic E-state index is 9.99. The van der Waals surface area contributed by atoms with Crippen LogP contribution in [0.2, 0.25) is 0 Å². The topological polar surface area (TPSA) is 73.1 Å². The smallest absolute Gasteiger partial charge is 0.213 e. The van der Waals surface area contributed by atoms with E-state index in [1.807, 2.05) is 30.7 Å². The van der Waals surface area contributed by atoms with Gasteiger partial charge in [-0.25, -0.2) is 15.0 Å². The Bertz CT molecular complexity index is 997. The van der Waals surface area contributed by atoms with E-state index in [1.165, 1.54) is 0 Å². The highest BCUT2D eigenvalue weighted by molar-refractivity contribution is 5.81. The second-order valence-electron chi connectivity index (χ2n) is 7.69. The first-order valence-electron chi connectivity index (χ1n) is 11.2. The van der Waals surface area contributed by atoms with E-state index in [1.54, 1.807) is 0 Å². The quantitative estimate of drug-likeness (QED) is 0.519. The molecule has 1 N–H and O–H groups in total. The van der Waals surface area contributed by atoms with Crippen LogP contribution in [0, 0.1) is 0 Å². The summed E-state index contributed by atoms with van der Waals surface area (Å²) in [4.78, 5) is 14.8. The summed E-state index contributed by atoms with van der Waals surface area (Å²) >= 11 is 0. The van der Waals surface area contributed by atoms with Crippen LogP contribution in [0.3, 0.4) is 0 Å². The average molecular weight is 411 g/mol. The van der Waals surface area contributed by atoms with Crippen LogP contribution < -0.4 is 4.74 Å². The molecule has 30 heavy (non-hydrogen) atoms. The first-order chi connectivity index (χ1) is 14.6. The Morgan fingerprint density at radius 2 is 1.80 bits per heavy atom. The minimum Gasteiger partial charge on any atom is -0.478 e. The highest BCUT2D eigenvalue weighted by atomic mass is 16.5. The standard InChI is InChI=1S/C24H34N4O2/c1-6-10-11-16(15-29)18-14-28(5)24-23(18)26-20(8-3)22(27-24)17-12-13-21(30-9-4)25-19(17)7-2/h12-14,16,29H,6-11,15H2,1-5H3/t16-/m0/s1. The van der Waals surface area contributed by atoms with Crippen LogP contribution in [0.5, 0.6) is 5.88 Å². The van der Waals surface area contributed by atoms with Gasteiger partial charge in [-0.05, 0) is 32.3 Å². The number of unbranched alkanes of at least 4 members (excludes halogenated alkanes) is 1. The number of nitrogens with zero attached hydrogens (tertiary/aromatic N) is 4. The van der Waals surface area contributed by atoms with Gasteiger partial charge in [0.2, 0.25) is 5.88 Å². The van der Waals surface area contributed by atoms with Crippen molar-refractivity contribution in [1.82, 2.24) is 19.5 Å². The lowest BCUT2D eigenvalue weighted by Gasteiger charge is -2.14. The molecule has 3 heterocycles. The van der Waals surface area contributed by atoms with Crippen molar-refractivity contribution < 1.29 is 9.84 Å². The molecule has 3 aromatic heterocycles. The number of aliphatic hydroxyl groups is 1. The summed E-state index contributed by atoms with van der Waals surface area (Å²) in [6, 6.07) is 3.96. The monoisotopic (exact) mass is 410 g/mol. The van der Waals surface area contributed by atoms with Gasteiger partial charge in [-0.1, -0.05) is 33.6 Å². The number of aliphatic hydroxyl groups excluding tert-OH is 1. The molecular formula is C24H34N4O2. The molecule has 0 unspecified atom stereocenters. The van der Waals surface area contributed by atoms with E-state index in [0.29, 0.717) is 12.5 Å². The van der Waals surface area contributed by atoms with Gasteiger partial charge < -0.3 is 14.4 Å². The van der Waals surface area contributed by atoms with Crippen molar-refractivity contribution in [3.63, 3.8) is 0 Å². The highest BCUT2D eigenvalue weighted by Gasteiger charge is 2.22. The van der Waals surface area contributed by atoms with Gasteiger partial charge in [-0.15, -0.1) is 0 Å². The molecule has 0 aliphatic rings.